The van der Waals surface area contributed by atoms with Crippen molar-refractivity contribution in [3.8, 4) is 39.5 Å². The first kappa shape index (κ1) is 31.9. The number of ether oxygens (including phenoxy) is 3. The van der Waals surface area contributed by atoms with Gasteiger partial charge in [0.15, 0.2) is 0 Å². The summed E-state index contributed by atoms with van der Waals surface area (Å²) in [6.07, 6.45) is 16.5. The van der Waals surface area contributed by atoms with Crippen molar-refractivity contribution in [1.82, 2.24) is 0 Å². The van der Waals surface area contributed by atoms with Crippen LogP contribution in [0.15, 0.2) is 66.7 Å². The van der Waals surface area contributed by atoms with Crippen LogP contribution in [-0.2, 0) is 0 Å². The number of methoxy groups -OCH3 is 1. The molecule has 0 amide bonds. The van der Waals surface area contributed by atoms with E-state index in [1.165, 1.54) is 81.8 Å². The number of thiol groups is 1. The summed E-state index contributed by atoms with van der Waals surface area (Å²) >= 11 is 4.29. The predicted molar refractivity (Wildman–Crippen MR) is 174 cm³/mol. The van der Waals surface area contributed by atoms with Crippen LogP contribution in [0.25, 0.3) is 22.3 Å². The average molecular weight is 563 g/mol. The van der Waals surface area contributed by atoms with Gasteiger partial charge in [0.25, 0.3) is 0 Å². The third-order valence-corrected chi connectivity index (χ3v) is 7.72. The zero-order valence-corrected chi connectivity index (χ0v) is 25.7. The molecule has 0 N–H and O–H groups in total. The van der Waals surface area contributed by atoms with Gasteiger partial charge >= 0.3 is 0 Å². The zero-order valence-electron chi connectivity index (χ0n) is 24.8. The van der Waals surface area contributed by atoms with Crippen molar-refractivity contribution in [2.24, 2.45) is 0 Å². The molecule has 0 fully saturated rings. The SMILES string of the molecule is CCCCCOc1ccc(-c2ccc(-c3ccc(OC)cc3OCCCCCCCCCCCCS)cc2)cc1. The minimum Gasteiger partial charge on any atom is -0.497 e. The molecule has 0 aliphatic heterocycles. The lowest BCUT2D eigenvalue weighted by Gasteiger charge is -2.14. The first-order valence-electron chi connectivity index (χ1n) is 15.5. The zero-order chi connectivity index (χ0) is 28.3. The predicted octanol–water partition coefficient (Wildman–Crippen LogP) is 10.8. The van der Waals surface area contributed by atoms with E-state index in [1.54, 1.807) is 7.11 Å². The van der Waals surface area contributed by atoms with Gasteiger partial charge in [-0.15, -0.1) is 0 Å². The lowest BCUT2D eigenvalue weighted by atomic mass is 9.99. The monoisotopic (exact) mass is 562 g/mol. The molecule has 0 aliphatic carbocycles. The highest BCUT2D eigenvalue weighted by Crippen LogP contribution is 2.35. The molecule has 0 radical (unpaired) electrons. The minimum absolute atomic E-state index is 0.731. The molecule has 3 aromatic carbocycles. The first-order valence-corrected chi connectivity index (χ1v) is 16.1. The second-order valence-corrected chi connectivity index (χ2v) is 11.1. The Morgan fingerprint density at radius 3 is 1.62 bits per heavy atom. The van der Waals surface area contributed by atoms with E-state index in [-0.39, 0.29) is 0 Å². The molecule has 0 aromatic heterocycles. The highest BCUT2D eigenvalue weighted by molar-refractivity contribution is 7.80. The molecule has 0 spiro atoms. The van der Waals surface area contributed by atoms with E-state index >= 15 is 0 Å². The van der Waals surface area contributed by atoms with Crippen LogP contribution in [0.5, 0.6) is 17.2 Å². The van der Waals surface area contributed by atoms with Gasteiger partial charge in [-0.2, -0.15) is 12.6 Å². The van der Waals surface area contributed by atoms with Gasteiger partial charge in [0, 0.05) is 11.6 Å². The molecule has 0 aliphatic rings. The van der Waals surface area contributed by atoms with Gasteiger partial charge in [-0.05, 0) is 66.0 Å². The van der Waals surface area contributed by atoms with Crippen molar-refractivity contribution in [2.75, 3.05) is 26.1 Å². The fraction of sp³-hybridized carbons (Fsp3) is 0.500. The van der Waals surface area contributed by atoms with Crippen molar-refractivity contribution in [3.05, 3.63) is 66.7 Å². The second-order valence-electron chi connectivity index (χ2n) is 10.6. The Morgan fingerprint density at radius 1 is 0.525 bits per heavy atom. The van der Waals surface area contributed by atoms with E-state index in [2.05, 4.69) is 74.1 Å². The average Bonchev–Trinajstić information content (AvgIpc) is 3.00. The number of hydrogen-bond acceptors (Lipinski definition) is 4. The Hall–Kier alpha value is -2.59. The van der Waals surface area contributed by atoms with Crippen LogP contribution in [0.2, 0.25) is 0 Å². The molecule has 0 unspecified atom stereocenters. The summed E-state index contributed by atoms with van der Waals surface area (Å²) in [6, 6.07) is 23.2. The Morgan fingerprint density at radius 2 is 1.02 bits per heavy atom. The molecule has 0 saturated carbocycles. The van der Waals surface area contributed by atoms with Crippen LogP contribution in [0.4, 0.5) is 0 Å². The molecule has 3 rings (SSSR count). The van der Waals surface area contributed by atoms with Gasteiger partial charge in [-0.1, -0.05) is 108 Å². The smallest absolute Gasteiger partial charge is 0.130 e. The fourth-order valence-corrected chi connectivity index (χ4v) is 5.15. The summed E-state index contributed by atoms with van der Waals surface area (Å²) in [5, 5.41) is 0. The molecule has 3 aromatic rings. The van der Waals surface area contributed by atoms with Gasteiger partial charge in [0.2, 0.25) is 0 Å². The highest BCUT2D eigenvalue weighted by Gasteiger charge is 2.10. The summed E-state index contributed by atoms with van der Waals surface area (Å²) in [5.41, 5.74) is 4.62. The van der Waals surface area contributed by atoms with Crippen molar-refractivity contribution in [1.29, 1.82) is 0 Å². The Bertz CT molecular complexity index is 1060. The van der Waals surface area contributed by atoms with Crippen LogP contribution in [0.3, 0.4) is 0 Å². The molecular formula is C36H50O3S. The third-order valence-electron chi connectivity index (χ3n) is 7.40. The minimum atomic E-state index is 0.731. The standard InChI is InChI=1S/C36H50O3S/c1-3-4-13-26-38-33-22-20-31(21-23-33)30-16-18-32(19-17-30)35-25-24-34(37-2)29-36(35)39-27-14-11-9-7-5-6-8-10-12-15-28-40/h16-25,29,40H,3-15,26-28H2,1-2H3. The van der Waals surface area contributed by atoms with Gasteiger partial charge in [-0.25, -0.2) is 0 Å². The molecule has 0 bridgehead atoms. The number of hydrogen-bond donors (Lipinski definition) is 1. The van der Waals surface area contributed by atoms with Crippen LogP contribution in [0, 0.1) is 0 Å². The normalized spacial score (nSPS) is 11.0. The summed E-state index contributed by atoms with van der Waals surface area (Å²) < 4.78 is 17.6. The summed E-state index contributed by atoms with van der Waals surface area (Å²) in [5.74, 6) is 3.67. The van der Waals surface area contributed by atoms with Gasteiger partial charge in [0.05, 0.1) is 20.3 Å². The summed E-state index contributed by atoms with van der Waals surface area (Å²) in [7, 11) is 1.70. The molecular weight excluding hydrogens is 512 g/mol. The maximum atomic E-state index is 6.29. The van der Waals surface area contributed by atoms with E-state index in [1.807, 2.05) is 12.1 Å². The summed E-state index contributed by atoms with van der Waals surface area (Å²) in [4.78, 5) is 0. The second kappa shape index (κ2) is 19.5. The number of rotatable bonds is 21. The van der Waals surface area contributed by atoms with Crippen LogP contribution in [-0.4, -0.2) is 26.1 Å². The van der Waals surface area contributed by atoms with E-state index in [0.29, 0.717) is 0 Å². The number of benzene rings is 3. The van der Waals surface area contributed by atoms with Gasteiger partial charge in [-0.3, -0.25) is 0 Å². The Labute approximate surface area is 249 Å². The fourth-order valence-electron chi connectivity index (χ4n) is 4.93. The van der Waals surface area contributed by atoms with Crippen LogP contribution >= 0.6 is 12.6 Å². The van der Waals surface area contributed by atoms with Crippen molar-refractivity contribution in [3.63, 3.8) is 0 Å². The summed E-state index contributed by atoms with van der Waals surface area (Å²) in [6.45, 7) is 3.72. The quantitative estimate of drug-likeness (QED) is 0.103. The van der Waals surface area contributed by atoms with E-state index in [4.69, 9.17) is 14.2 Å². The van der Waals surface area contributed by atoms with E-state index < -0.39 is 0 Å². The molecule has 40 heavy (non-hydrogen) atoms. The molecule has 4 heteroatoms. The lowest BCUT2D eigenvalue weighted by molar-refractivity contribution is 0.303. The van der Waals surface area contributed by atoms with E-state index in [0.717, 1.165) is 60.2 Å². The Kier molecular flexibility index (Phi) is 15.6. The Balaban J connectivity index is 1.48. The maximum Gasteiger partial charge on any atom is 0.130 e. The maximum absolute atomic E-state index is 6.29. The molecule has 218 valence electrons. The first-order chi connectivity index (χ1) is 19.7. The topological polar surface area (TPSA) is 27.7 Å². The molecule has 0 atom stereocenters. The van der Waals surface area contributed by atoms with Crippen LogP contribution in [0.1, 0.15) is 90.4 Å². The third kappa shape index (κ3) is 11.5. The van der Waals surface area contributed by atoms with Gasteiger partial charge in [0.1, 0.15) is 17.2 Å². The van der Waals surface area contributed by atoms with Gasteiger partial charge < -0.3 is 14.2 Å². The lowest BCUT2D eigenvalue weighted by Crippen LogP contribution is -1.99. The van der Waals surface area contributed by atoms with Crippen molar-refractivity contribution >= 4 is 12.6 Å². The molecule has 0 heterocycles. The largest absolute Gasteiger partial charge is 0.497 e. The van der Waals surface area contributed by atoms with Crippen molar-refractivity contribution < 1.29 is 14.2 Å². The number of unbranched alkanes of at least 4 members (excludes halogenated alkanes) is 11. The van der Waals surface area contributed by atoms with E-state index in [9.17, 15) is 0 Å². The van der Waals surface area contributed by atoms with Crippen molar-refractivity contribution in [2.45, 2.75) is 90.4 Å². The molecule has 3 nitrogen and oxygen atoms in total. The molecule has 0 saturated heterocycles. The van der Waals surface area contributed by atoms with Crippen LogP contribution < -0.4 is 14.2 Å². The highest BCUT2D eigenvalue weighted by atomic mass is 32.1.